The third kappa shape index (κ3) is 14.6. The molecule has 0 spiro atoms. The van der Waals surface area contributed by atoms with E-state index < -0.39 is 0 Å². The average Bonchev–Trinajstić information content (AvgIpc) is 2.69. The maximum Gasteiger partial charge on any atom is 0.222 e. The maximum absolute atomic E-state index is 12.4. The van der Waals surface area contributed by atoms with Gasteiger partial charge in [0, 0.05) is 13.5 Å². The Kier molecular flexibility index (Phi) is 21.3. The topological polar surface area (TPSA) is 20.3 Å². The van der Waals surface area contributed by atoms with Crippen LogP contribution in [-0.2, 0) is 4.79 Å². The minimum atomic E-state index is 0. The van der Waals surface area contributed by atoms with E-state index in [2.05, 4.69) is 27.4 Å². The number of hydrogen-bond donors (Lipinski definition) is 0. The van der Waals surface area contributed by atoms with Crippen LogP contribution < -0.4 is 17.0 Å². The molecule has 0 aliphatic heterocycles. The van der Waals surface area contributed by atoms with E-state index in [1.54, 1.807) is 0 Å². The fourth-order valence-electron chi connectivity index (χ4n) is 3.78. The lowest BCUT2D eigenvalue weighted by Gasteiger charge is -2.37. The zero-order valence-corrected chi connectivity index (χ0v) is 21.1. The smallest absolute Gasteiger partial charge is 0.222 e. The summed E-state index contributed by atoms with van der Waals surface area (Å²) in [6.45, 7) is 15.7. The van der Waals surface area contributed by atoms with Gasteiger partial charge >= 0.3 is 0 Å². The first-order valence-electron chi connectivity index (χ1n) is 11.7. The monoisotopic (exact) mass is 460 g/mol. The van der Waals surface area contributed by atoms with Gasteiger partial charge in [-0.3, -0.25) is 4.79 Å². The lowest BCUT2D eigenvalue weighted by molar-refractivity contribution is -0.918. The van der Waals surface area contributed by atoms with E-state index in [1.807, 2.05) is 18.0 Å². The Labute approximate surface area is 187 Å². The van der Waals surface area contributed by atoms with Gasteiger partial charge in [0.05, 0.1) is 32.7 Å². The number of hydrogen-bond acceptors (Lipinski definition) is 1. The molecule has 0 rings (SSSR count). The summed E-state index contributed by atoms with van der Waals surface area (Å²) in [5, 5.41) is 0. The van der Waals surface area contributed by atoms with Gasteiger partial charge in [-0.1, -0.05) is 77.7 Å². The normalized spacial score (nSPS) is 11.1. The second kappa shape index (κ2) is 19.9. The van der Waals surface area contributed by atoms with Crippen molar-refractivity contribution in [1.29, 1.82) is 0 Å². The molecule has 0 aromatic rings. The molecule has 4 heteroatoms. The van der Waals surface area contributed by atoms with E-state index in [-0.39, 0.29) is 17.0 Å². The molecule has 0 N–H and O–H groups in total. The Morgan fingerprint density at radius 1 is 0.857 bits per heavy atom. The molecule has 0 aromatic carbocycles. The van der Waals surface area contributed by atoms with Crippen LogP contribution >= 0.6 is 0 Å². The molecule has 0 saturated carbocycles. The number of likely N-dealkylation sites (N-methyl/N-ethyl adjacent to an activating group) is 2. The van der Waals surface area contributed by atoms with Gasteiger partial charge in [-0.15, -0.1) is 0 Å². The third-order valence-corrected chi connectivity index (χ3v) is 6.19. The van der Waals surface area contributed by atoms with Crippen LogP contribution in [0.1, 0.15) is 97.8 Å². The van der Waals surface area contributed by atoms with Gasteiger partial charge in [-0.25, -0.2) is 0 Å². The molecular weight excluding hydrogens is 412 g/mol. The summed E-state index contributed by atoms with van der Waals surface area (Å²) in [5.41, 5.74) is 0. The first kappa shape index (κ1) is 29.8. The Hall–Kier alpha value is -0.350. The molecule has 0 atom stereocenters. The summed E-state index contributed by atoms with van der Waals surface area (Å²) >= 11 is 0. The summed E-state index contributed by atoms with van der Waals surface area (Å²) in [6.07, 6.45) is 17.3. The van der Waals surface area contributed by atoms with Gasteiger partial charge in [0.1, 0.15) is 0 Å². The summed E-state index contributed by atoms with van der Waals surface area (Å²) in [5.74, 6) is 0.315. The van der Waals surface area contributed by atoms with Gasteiger partial charge in [-0.2, -0.15) is 0 Å². The van der Waals surface area contributed by atoms with Crippen LogP contribution in [0.25, 0.3) is 0 Å². The second-order valence-corrected chi connectivity index (χ2v) is 8.27. The van der Waals surface area contributed by atoms with Crippen LogP contribution in [0.3, 0.4) is 0 Å². The van der Waals surface area contributed by atoms with Crippen molar-refractivity contribution in [2.24, 2.45) is 0 Å². The summed E-state index contributed by atoms with van der Waals surface area (Å²) in [4.78, 5) is 14.3. The fraction of sp³-hybridized carbons (Fsp3) is 0.875. The molecule has 0 aromatic heterocycles. The minimum Gasteiger partial charge on any atom is -1.00 e. The Morgan fingerprint density at radius 3 is 1.75 bits per heavy atom. The summed E-state index contributed by atoms with van der Waals surface area (Å²) in [6, 6.07) is 0. The molecule has 0 aliphatic carbocycles. The van der Waals surface area contributed by atoms with Crippen molar-refractivity contribution < 1.29 is 26.3 Å². The number of carbonyl (C=O) groups is 1. The van der Waals surface area contributed by atoms with E-state index in [1.165, 1.54) is 64.2 Å². The Bertz CT molecular complexity index is 370. The SMILES string of the molecule is C=CC[N+](CC)(CC)CCN(C)C(=O)CCCCCCCCCCCCC.[Br-]. The number of carbonyl (C=O) groups excluding carboxylic acids is 1. The van der Waals surface area contributed by atoms with Gasteiger partial charge < -0.3 is 26.4 Å². The predicted molar refractivity (Wildman–Crippen MR) is 120 cm³/mol. The Morgan fingerprint density at radius 2 is 1.32 bits per heavy atom. The zero-order chi connectivity index (χ0) is 20.4. The molecule has 168 valence electrons. The average molecular weight is 462 g/mol. The molecule has 1 amide bonds. The molecule has 3 nitrogen and oxygen atoms in total. The highest BCUT2D eigenvalue weighted by atomic mass is 79.9. The van der Waals surface area contributed by atoms with E-state index in [9.17, 15) is 4.79 Å². The first-order valence-corrected chi connectivity index (χ1v) is 11.7. The van der Waals surface area contributed by atoms with Crippen LogP contribution in [0.15, 0.2) is 12.7 Å². The standard InChI is InChI=1S/C24H49N2O.BrH/c1-6-10-11-12-13-14-15-16-17-18-19-20-24(27)25(5)21-23-26(8-3,9-4)22-7-2;/h7H,2,6,8-23H2,1,3-5H3;1H/q+1;/p-1. The molecule has 0 bridgehead atoms. The van der Waals surface area contributed by atoms with Crippen LogP contribution in [0.4, 0.5) is 0 Å². The lowest BCUT2D eigenvalue weighted by atomic mass is 10.1. The number of rotatable bonds is 19. The van der Waals surface area contributed by atoms with E-state index >= 15 is 0 Å². The molecule has 0 unspecified atom stereocenters. The van der Waals surface area contributed by atoms with E-state index in [4.69, 9.17) is 0 Å². The van der Waals surface area contributed by atoms with E-state index in [0.29, 0.717) is 12.3 Å². The number of halogens is 1. The maximum atomic E-state index is 12.4. The van der Waals surface area contributed by atoms with Crippen molar-refractivity contribution >= 4 is 5.91 Å². The Balaban J connectivity index is 0. The number of quaternary nitrogens is 1. The van der Waals surface area contributed by atoms with Gasteiger partial charge in [-0.05, 0) is 26.3 Å². The molecule has 0 fully saturated rings. The van der Waals surface area contributed by atoms with Crippen molar-refractivity contribution in [1.82, 2.24) is 4.90 Å². The van der Waals surface area contributed by atoms with Crippen LogP contribution in [0, 0.1) is 0 Å². The predicted octanol–water partition coefficient (Wildman–Crippen LogP) is 3.19. The van der Waals surface area contributed by atoms with Crippen molar-refractivity contribution in [3.63, 3.8) is 0 Å². The molecule has 0 aliphatic rings. The summed E-state index contributed by atoms with van der Waals surface area (Å²) < 4.78 is 1.03. The first-order chi connectivity index (χ1) is 13.0. The fourth-order valence-corrected chi connectivity index (χ4v) is 3.78. The van der Waals surface area contributed by atoms with E-state index in [0.717, 1.165) is 43.6 Å². The summed E-state index contributed by atoms with van der Waals surface area (Å²) in [7, 11) is 1.97. The van der Waals surface area contributed by atoms with Gasteiger partial charge in [0.25, 0.3) is 0 Å². The molecule has 0 radical (unpaired) electrons. The van der Waals surface area contributed by atoms with Crippen molar-refractivity contribution in [2.45, 2.75) is 97.8 Å². The minimum absolute atomic E-state index is 0. The highest BCUT2D eigenvalue weighted by Crippen LogP contribution is 2.12. The van der Waals surface area contributed by atoms with Crippen molar-refractivity contribution in [3.8, 4) is 0 Å². The molecule has 28 heavy (non-hydrogen) atoms. The van der Waals surface area contributed by atoms with Crippen LogP contribution in [0.2, 0.25) is 0 Å². The molecule has 0 heterocycles. The van der Waals surface area contributed by atoms with Crippen LogP contribution in [0.5, 0.6) is 0 Å². The molecule has 0 saturated heterocycles. The zero-order valence-electron chi connectivity index (χ0n) is 19.5. The highest BCUT2D eigenvalue weighted by molar-refractivity contribution is 5.75. The quantitative estimate of drug-likeness (QED) is 0.164. The van der Waals surface area contributed by atoms with Crippen LogP contribution in [-0.4, -0.2) is 55.1 Å². The van der Waals surface area contributed by atoms with Gasteiger partial charge in [0.2, 0.25) is 5.91 Å². The second-order valence-electron chi connectivity index (χ2n) is 8.27. The molecular formula is C24H49BrN2O. The lowest BCUT2D eigenvalue weighted by Crippen LogP contribution is -3.00. The number of amides is 1. The largest absolute Gasteiger partial charge is 1.00 e. The van der Waals surface area contributed by atoms with Crippen molar-refractivity contribution in [3.05, 3.63) is 12.7 Å². The third-order valence-electron chi connectivity index (χ3n) is 6.19. The number of nitrogens with zero attached hydrogens (tertiary/aromatic N) is 2. The highest BCUT2D eigenvalue weighted by Gasteiger charge is 2.22. The number of unbranched alkanes of at least 4 members (excludes halogenated alkanes) is 10. The van der Waals surface area contributed by atoms with Crippen molar-refractivity contribution in [2.75, 3.05) is 39.8 Å². The van der Waals surface area contributed by atoms with Gasteiger partial charge in [0.15, 0.2) is 0 Å².